The second-order valence-corrected chi connectivity index (χ2v) is 4.45. The van der Waals surface area contributed by atoms with E-state index in [1.165, 1.54) is 38.6 Å². The number of rotatable bonds is 0. The van der Waals surface area contributed by atoms with Gasteiger partial charge in [-0.1, -0.05) is 12.8 Å². The van der Waals surface area contributed by atoms with Crippen molar-refractivity contribution in [2.45, 2.75) is 44.2 Å². The number of likely N-dealkylation sites (tertiary alicyclic amines) is 1. The number of hydrogen-bond acceptors (Lipinski definition) is 2. The number of fused-ring (bicyclic) bond motifs is 1. The molecule has 2 rings (SSSR count). The SMILES string of the molecule is CN1CC[C@@H](N)[C@@H]2CCCC[C@H]21. The van der Waals surface area contributed by atoms with Crippen LogP contribution in [0.15, 0.2) is 0 Å². The van der Waals surface area contributed by atoms with E-state index in [0.717, 1.165) is 12.0 Å². The Bertz CT molecular complexity index is 140. The minimum atomic E-state index is 0.492. The predicted octanol–water partition coefficient (Wildman–Crippen LogP) is 1.21. The highest BCUT2D eigenvalue weighted by Crippen LogP contribution is 2.33. The summed E-state index contributed by atoms with van der Waals surface area (Å²) < 4.78 is 0. The molecule has 1 saturated heterocycles. The Labute approximate surface area is 75.1 Å². The van der Waals surface area contributed by atoms with Crippen LogP contribution >= 0.6 is 0 Å². The van der Waals surface area contributed by atoms with Gasteiger partial charge in [0, 0.05) is 12.1 Å². The van der Waals surface area contributed by atoms with Gasteiger partial charge in [-0.15, -0.1) is 0 Å². The van der Waals surface area contributed by atoms with E-state index in [9.17, 15) is 0 Å². The lowest BCUT2D eigenvalue weighted by Crippen LogP contribution is -2.53. The minimum absolute atomic E-state index is 0.492. The summed E-state index contributed by atoms with van der Waals surface area (Å²) in [6.07, 6.45) is 6.78. The summed E-state index contributed by atoms with van der Waals surface area (Å²) in [6, 6.07) is 1.30. The summed E-state index contributed by atoms with van der Waals surface area (Å²) in [4.78, 5) is 2.52. The first-order valence-corrected chi connectivity index (χ1v) is 5.25. The molecule has 1 aliphatic heterocycles. The maximum absolute atomic E-state index is 6.12. The molecule has 1 aliphatic carbocycles. The molecular weight excluding hydrogens is 148 g/mol. The first-order chi connectivity index (χ1) is 5.79. The van der Waals surface area contributed by atoms with Crippen molar-refractivity contribution in [2.24, 2.45) is 11.7 Å². The van der Waals surface area contributed by atoms with Crippen molar-refractivity contribution in [2.75, 3.05) is 13.6 Å². The average molecular weight is 168 g/mol. The Kier molecular flexibility index (Phi) is 2.37. The monoisotopic (exact) mass is 168 g/mol. The average Bonchev–Trinajstić information content (AvgIpc) is 2.12. The van der Waals surface area contributed by atoms with Crippen LogP contribution in [0.1, 0.15) is 32.1 Å². The van der Waals surface area contributed by atoms with Gasteiger partial charge in [0.1, 0.15) is 0 Å². The molecule has 0 radical (unpaired) electrons. The molecule has 0 aromatic rings. The molecule has 1 saturated carbocycles. The third kappa shape index (κ3) is 1.38. The summed E-state index contributed by atoms with van der Waals surface area (Å²) in [6.45, 7) is 1.21. The molecule has 0 amide bonds. The maximum Gasteiger partial charge on any atom is 0.0135 e. The van der Waals surface area contributed by atoms with Crippen LogP contribution < -0.4 is 5.73 Å². The fourth-order valence-corrected chi connectivity index (χ4v) is 2.92. The van der Waals surface area contributed by atoms with Gasteiger partial charge in [-0.3, -0.25) is 0 Å². The Hall–Kier alpha value is -0.0800. The summed E-state index contributed by atoms with van der Waals surface area (Å²) in [5.74, 6) is 0.803. The second kappa shape index (κ2) is 3.35. The molecule has 0 aromatic carbocycles. The third-order valence-corrected chi connectivity index (χ3v) is 3.71. The lowest BCUT2D eigenvalue weighted by molar-refractivity contribution is 0.0679. The summed E-state index contributed by atoms with van der Waals surface area (Å²) >= 11 is 0. The molecule has 12 heavy (non-hydrogen) atoms. The van der Waals surface area contributed by atoms with Crippen molar-refractivity contribution in [3.8, 4) is 0 Å². The van der Waals surface area contributed by atoms with E-state index in [0.29, 0.717) is 6.04 Å². The molecule has 2 aliphatic rings. The molecule has 2 N–H and O–H groups in total. The van der Waals surface area contributed by atoms with E-state index in [4.69, 9.17) is 5.73 Å². The van der Waals surface area contributed by atoms with E-state index in [2.05, 4.69) is 11.9 Å². The van der Waals surface area contributed by atoms with Crippen molar-refractivity contribution >= 4 is 0 Å². The first-order valence-electron chi connectivity index (χ1n) is 5.25. The van der Waals surface area contributed by atoms with Crippen molar-refractivity contribution < 1.29 is 0 Å². The fraction of sp³-hybridized carbons (Fsp3) is 1.00. The van der Waals surface area contributed by atoms with E-state index in [1.807, 2.05) is 0 Å². The topological polar surface area (TPSA) is 29.3 Å². The molecule has 2 heteroatoms. The van der Waals surface area contributed by atoms with Gasteiger partial charge in [0.25, 0.3) is 0 Å². The minimum Gasteiger partial charge on any atom is -0.327 e. The van der Waals surface area contributed by atoms with Crippen LogP contribution in [0.25, 0.3) is 0 Å². The third-order valence-electron chi connectivity index (χ3n) is 3.71. The molecule has 0 unspecified atom stereocenters. The Morgan fingerprint density at radius 2 is 1.92 bits per heavy atom. The van der Waals surface area contributed by atoms with E-state index in [1.54, 1.807) is 0 Å². The summed E-state index contributed by atoms with van der Waals surface area (Å²) in [5.41, 5.74) is 6.12. The van der Waals surface area contributed by atoms with Gasteiger partial charge in [-0.05, 0) is 38.8 Å². The maximum atomic E-state index is 6.12. The fourth-order valence-electron chi connectivity index (χ4n) is 2.92. The summed E-state index contributed by atoms with van der Waals surface area (Å²) in [7, 11) is 2.26. The molecule has 70 valence electrons. The van der Waals surface area contributed by atoms with Crippen molar-refractivity contribution in [1.82, 2.24) is 4.90 Å². The van der Waals surface area contributed by atoms with Crippen LogP contribution in [0, 0.1) is 5.92 Å². The van der Waals surface area contributed by atoms with Crippen LogP contribution in [0.3, 0.4) is 0 Å². The molecular formula is C10H20N2. The van der Waals surface area contributed by atoms with Crippen LogP contribution in [-0.4, -0.2) is 30.6 Å². The van der Waals surface area contributed by atoms with Gasteiger partial charge in [-0.2, -0.15) is 0 Å². The molecule has 2 fully saturated rings. The largest absolute Gasteiger partial charge is 0.327 e. The number of piperidine rings is 1. The van der Waals surface area contributed by atoms with Gasteiger partial charge in [0.15, 0.2) is 0 Å². The molecule has 1 heterocycles. The van der Waals surface area contributed by atoms with Crippen LogP contribution in [0.2, 0.25) is 0 Å². The number of hydrogen-bond donors (Lipinski definition) is 1. The number of nitrogens with two attached hydrogens (primary N) is 1. The molecule has 0 spiro atoms. The lowest BCUT2D eigenvalue weighted by atomic mass is 9.76. The van der Waals surface area contributed by atoms with E-state index < -0.39 is 0 Å². The van der Waals surface area contributed by atoms with Crippen LogP contribution in [0.4, 0.5) is 0 Å². The zero-order valence-electron chi connectivity index (χ0n) is 8.00. The van der Waals surface area contributed by atoms with Crippen LogP contribution in [0.5, 0.6) is 0 Å². The van der Waals surface area contributed by atoms with Crippen LogP contribution in [-0.2, 0) is 0 Å². The Balaban J connectivity index is 2.05. The van der Waals surface area contributed by atoms with E-state index in [-0.39, 0.29) is 0 Å². The number of nitrogens with zero attached hydrogens (tertiary/aromatic N) is 1. The summed E-state index contributed by atoms with van der Waals surface area (Å²) in [5, 5.41) is 0. The molecule has 3 atom stereocenters. The lowest BCUT2D eigenvalue weighted by Gasteiger charge is -2.45. The Morgan fingerprint density at radius 3 is 2.67 bits per heavy atom. The highest BCUT2D eigenvalue weighted by Gasteiger charge is 2.35. The zero-order chi connectivity index (χ0) is 8.55. The predicted molar refractivity (Wildman–Crippen MR) is 51.0 cm³/mol. The van der Waals surface area contributed by atoms with Crippen molar-refractivity contribution in [3.05, 3.63) is 0 Å². The molecule has 0 bridgehead atoms. The second-order valence-electron chi connectivity index (χ2n) is 4.45. The highest BCUT2D eigenvalue weighted by molar-refractivity contribution is 4.92. The highest BCUT2D eigenvalue weighted by atomic mass is 15.1. The molecule has 0 aromatic heterocycles. The van der Waals surface area contributed by atoms with Gasteiger partial charge in [-0.25, -0.2) is 0 Å². The van der Waals surface area contributed by atoms with Crippen molar-refractivity contribution in [1.29, 1.82) is 0 Å². The van der Waals surface area contributed by atoms with Gasteiger partial charge in [0.05, 0.1) is 0 Å². The van der Waals surface area contributed by atoms with Gasteiger partial charge >= 0.3 is 0 Å². The van der Waals surface area contributed by atoms with E-state index >= 15 is 0 Å². The van der Waals surface area contributed by atoms with Gasteiger partial charge in [0.2, 0.25) is 0 Å². The van der Waals surface area contributed by atoms with Gasteiger partial charge < -0.3 is 10.6 Å². The zero-order valence-corrected chi connectivity index (χ0v) is 8.00. The molecule has 2 nitrogen and oxygen atoms in total. The Morgan fingerprint density at radius 1 is 1.17 bits per heavy atom. The smallest absolute Gasteiger partial charge is 0.0135 e. The normalized spacial score (nSPS) is 44.0. The standard InChI is InChI=1S/C10H20N2/c1-12-7-6-9(11)8-4-2-3-5-10(8)12/h8-10H,2-7,11H2,1H3/t8-,9+,10+/m0/s1. The van der Waals surface area contributed by atoms with Crippen molar-refractivity contribution in [3.63, 3.8) is 0 Å². The first kappa shape index (κ1) is 8.52. The quantitative estimate of drug-likeness (QED) is 0.589.